The minimum Gasteiger partial charge on any atom is -0.497 e. The molecule has 6 nitrogen and oxygen atoms in total. The number of para-hydroxylation sites is 1. The minimum atomic E-state index is -3.13. The smallest absolute Gasteiger partial charge is 0.261 e. The summed E-state index contributed by atoms with van der Waals surface area (Å²) < 4.78 is 34.6. The Bertz CT molecular complexity index is 930. The molecular weight excluding hydrogens is 402 g/mol. The van der Waals surface area contributed by atoms with E-state index >= 15 is 0 Å². The molecule has 1 aliphatic rings. The first-order chi connectivity index (χ1) is 13.4. The van der Waals surface area contributed by atoms with E-state index in [1.807, 2.05) is 24.3 Å². The van der Waals surface area contributed by atoms with Crippen molar-refractivity contribution in [3.8, 4) is 11.5 Å². The average Bonchev–Trinajstić information content (AvgIpc) is 3.05. The molecule has 1 fully saturated rings. The van der Waals surface area contributed by atoms with Gasteiger partial charge in [-0.3, -0.25) is 4.79 Å². The van der Waals surface area contributed by atoms with E-state index in [2.05, 4.69) is 0 Å². The molecular formula is C20H22ClNO5S. The van der Waals surface area contributed by atoms with Crippen molar-refractivity contribution >= 4 is 27.3 Å². The van der Waals surface area contributed by atoms with Crippen LogP contribution in [0, 0.1) is 0 Å². The number of sulfone groups is 1. The number of benzene rings is 2. The maximum absolute atomic E-state index is 12.9. The summed E-state index contributed by atoms with van der Waals surface area (Å²) in [7, 11) is -1.54. The van der Waals surface area contributed by atoms with Gasteiger partial charge >= 0.3 is 0 Å². The lowest BCUT2D eigenvalue weighted by Crippen LogP contribution is -2.43. The molecule has 1 unspecified atom stereocenters. The van der Waals surface area contributed by atoms with E-state index in [1.54, 1.807) is 36.3 Å². The van der Waals surface area contributed by atoms with Crippen molar-refractivity contribution in [3.05, 3.63) is 59.1 Å². The Morgan fingerprint density at radius 2 is 1.89 bits per heavy atom. The fourth-order valence-corrected chi connectivity index (χ4v) is 5.07. The van der Waals surface area contributed by atoms with Crippen LogP contribution in [0.2, 0.25) is 5.02 Å². The third-order valence-corrected chi connectivity index (χ3v) is 6.73. The van der Waals surface area contributed by atoms with Crippen molar-refractivity contribution in [2.45, 2.75) is 19.0 Å². The number of methoxy groups -OCH3 is 1. The van der Waals surface area contributed by atoms with Gasteiger partial charge in [-0.05, 0) is 36.2 Å². The van der Waals surface area contributed by atoms with E-state index in [1.165, 1.54) is 0 Å². The normalized spacial score (nSPS) is 17.9. The number of carbonyl (C=O) groups excluding carboxylic acids is 1. The van der Waals surface area contributed by atoms with Gasteiger partial charge in [-0.2, -0.15) is 0 Å². The Balaban J connectivity index is 1.74. The standard InChI is InChI=1S/C20H22ClNO5S/c1-26-17-8-6-15(7-9-17)12-22(16-10-11-28(24,25)14-16)20(23)13-27-19-5-3-2-4-18(19)21/h2-9,16H,10-14H2,1H3. The van der Waals surface area contributed by atoms with Crippen LogP contribution < -0.4 is 9.47 Å². The van der Waals surface area contributed by atoms with Gasteiger partial charge in [0.2, 0.25) is 0 Å². The zero-order chi connectivity index (χ0) is 20.1. The summed E-state index contributed by atoms with van der Waals surface area (Å²) in [5.74, 6) is 0.919. The van der Waals surface area contributed by atoms with Crippen molar-refractivity contribution < 1.29 is 22.7 Å². The molecule has 0 saturated carbocycles. The molecule has 0 aliphatic carbocycles. The number of halogens is 1. The number of ether oxygens (including phenoxy) is 2. The van der Waals surface area contributed by atoms with Gasteiger partial charge in [-0.1, -0.05) is 35.9 Å². The van der Waals surface area contributed by atoms with E-state index in [0.29, 0.717) is 29.5 Å². The lowest BCUT2D eigenvalue weighted by molar-refractivity contribution is -0.136. The quantitative estimate of drug-likeness (QED) is 0.684. The molecule has 0 bridgehead atoms. The molecule has 0 spiro atoms. The van der Waals surface area contributed by atoms with Gasteiger partial charge in [0, 0.05) is 12.6 Å². The Morgan fingerprint density at radius 3 is 2.50 bits per heavy atom. The molecule has 2 aromatic rings. The Kier molecular flexibility index (Phi) is 6.46. The molecule has 28 heavy (non-hydrogen) atoms. The summed E-state index contributed by atoms with van der Waals surface area (Å²) in [5, 5.41) is 0.417. The Labute approximate surface area is 169 Å². The molecule has 1 atom stereocenters. The van der Waals surface area contributed by atoms with Crippen LogP contribution in [0.15, 0.2) is 48.5 Å². The van der Waals surface area contributed by atoms with E-state index in [0.717, 1.165) is 5.56 Å². The van der Waals surface area contributed by atoms with E-state index in [4.69, 9.17) is 21.1 Å². The van der Waals surface area contributed by atoms with Crippen molar-refractivity contribution in [3.63, 3.8) is 0 Å². The summed E-state index contributed by atoms with van der Waals surface area (Å²) in [6, 6.07) is 13.9. The molecule has 0 radical (unpaired) electrons. The van der Waals surface area contributed by atoms with Crippen molar-refractivity contribution in [2.75, 3.05) is 25.2 Å². The highest BCUT2D eigenvalue weighted by Crippen LogP contribution is 2.25. The lowest BCUT2D eigenvalue weighted by atomic mass is 10.1. The number of nitrogens with zero attached hydrogens (tertiary/aromatic N) is 1. The van der Waals surface area contributed by atoms with Gasteiger partial charge in [0.25, 0.3) is 5.91 Å². The maximum Gasteiger partial charge on any atom is 0.261 e. The van der Waals surface area contributed by atoms with Crippen LogP contribution in [-0.4, -0.2) is 50.5 Å². The topological polar surface area (TPSA) is 72.9 Å². The number of rotatable bonds is 7. The summed E-state index contributed by atoms with van der Waals surface area (Å²) in [4.78, 5) is 14.5. The monoisotopic (exact) mass is 423 g/mol. The second-order valence-electron chi connectivity index (χ2n) is 6.65. The first kappa shape index (κ1) is 20.5. The van der Waals surface area contributed by atoms with Crippen LogP contribution in [0.25, 0.3) is 0 Å². The zero-order valence-corrected chi connectivity index (χ0v) is 17.1. The highest BCUT2D eigenvalue weighted by Gasteiger charge is 2.34. The second-order valence-corrected chi connectivity index (χ2v) is 9.28. The Morgan fingerprint density at radius 1 is 1.18 bits per heavy atom. The third-order valence-electron chi connectivity index (χ3n) is 4.67. The molecule has 1 heterocycles. The number of amides is 1. The molecule has 150 valence electrons. The predicted octanol–water partition coefficient (Wildman–Crippen LogP) is 2.94. The fourth-order valence-electron chi connectivity index (χ4n) is 3.15. The first-order valence-electron chi connectivity index (χ1n) is 8.88. The largest absolute Gasteiger partial charge is 0.497 e. The highest BCUT2D eigenvalue weighted by atomic mass is 35.5. The Hall–Kier alpha value is -2.25. The minimum absolute atomic E-state index is 0.0268. The number of carbonyl (C=O) groups is 1. The van der Waals surface area contributed by atoms with E-state index in [9.17, 15) is 13.2 Å². The zero-order valence-electron chi connectivity index (χ0n) is 15.5. The van der Waals surface area contributed by atoms with Gasteiger partial charge in [-0.25, -0.2) is 8.42 Å². The predicted molar refractivity (Wildman–Crippen MR) is 108 cm³/mol. The molecule has 3 rings (SSSR count). The lowest BCUT2D eigenvalue weighted by Gasteiger charge is -2.28. The van der Waals surface area contributed by atoms with Gasteiger partial charge in [0.15, 0.2) is 16.4 Å². The first-order valence-corrected chi connectivity index (χ1v) is 11.1. The highest BCUT2D eigenvalue weighted by molar-refractivity contribution is 7.91. The van der Waals surface area contributed by atoms with Crippen molar-refractivity contribution in [1.82, 2.24) is 4.90 Å². The summed E-state index contributed by atoms with van der Waals surface area (Å²) >= 11 is 6.07. The molecule has 0 aromatic heterocycles. The van der Waals surface area contributed by atoms with Crippen molar-refractivity contribution in [2.24, 2.45) is 0 Å². The van der Waals surface area contributed by atoms with Crippen LogP contribution in [0.4, 0.5) is 0 Å². The molecule has 8 heteroatoms. The van der Waals surface area contributed by atoms with Gasteiger partial charge in [-0.15, -0.1) is 0 Å². The number of hydrogen-bond acceptors (Lipinski definition) is 5. The molecule has 0 N–H and O–H groups in total. The third kappa shape index (κ3) is 5.17. The van der Waals surface area contributed by atoms with Gasteiger partial charge < -0.3 is 14.4 Å². The summed E-state index contributed by atoms with van der Waals surface area (Å²) in [6.07, 6.45) is 0.427. The van der Waals surface area contributed by atoms with Gasteiger partial charge in [0.1, 0.15) is 11.5 Å². The SMILES string of the molecule is COc1ccc(CN(C(=O)COc2ccccc2Cl)C2CCS(=O)(=O)C2)cc1. The van der Waals surface area contributed by atoms with Crippen LogP contribution in [-0.2, 0) is 21.2 Å². The average molecular weight is 424 g/mol. The summed E-state index contributed by atoms with van der Waals surface area (Å²) in [5.41, 5.74) is 0.885. The van der Waals surface area contributed by atoms with Crippen LogP contribution in [0.5, 0.6) is 11.5 Å². The molecule has 1 aliphatic heterocycles. The van der Waals surface area contributed by atoms with E-state index < -0.39 is 9.84 Å². The molecule has 1 amide bonds. The second kappa shape index (κ2) is 8.84. The number of hydrogen-bond donors (Lipinski definition) is 0. The van der Waals surface area contributed by atoms with Gasteiger partial charge in [0.05, 0.1) is 23.6 Å². The van der Waals surface area contributed by atoms with Crippen LogP contribution in [0.3, 0.4) is 0 Å². The van der Waals surface area contributed by atoms with Crippen LogP contribution in [0.1, 0.15) is 12.0 Å². The maximum atomic E-state index is 12.9. The molecule has 2 aromatic carbocycles. The fraction of sp³-hybridized carbons (Fsp3) is 0.350. The molecule has 1 saturated heterocycles. The summed E-state index contributed by atoms with van der Waals surface area (Å²) in [6.45, 7) is 0.0886. The van der Waals surface area contributed by atoms with E-state index in [-0.39, 0.29) is 30.1 Å². The van der Waals surface area contributed by atoms with Crippen LogP contribution >= 0.6 is 11.6 Å². The van der Waals surface area contributed by atoms with Crippen molar-refractivity contribution in [1.29, 1.82) is 0 Å².